The Morgan fingerprint density at radius 1 is 0.554 bits per heavy atom. The van der Waals surface area contributed by atoms with Gasteiger partial charge in [0.1, 0.15) is 8.42 Å². The molecule has 0 spiro atoms. The Bertz CT molecular complexity index is 3350. The summed E-state index contributed by atoms with van der Waals surface area (Å²) in [7, 11) is -7.25. The molecule has 0 aliphatic heterocycles. The molecule has 0 fully saturated rings. The van der Waals surface area contributed by atoms with Crippen LogP contribution in [0.3, 0.4) is 0 Å². The summed E-state index contributed by atoms with van der Waals surface area (Å²) in [5.74, 6) is 10.1. The molecule has 0 aliphatic rings. The number of hydrogen-bond acceptors (Lipinski definition) is 10. The van der Waals surface area contributed by atoms with Crippen LogP contribution in [0.1, 0.15) is 37.6 Å². The summed E-state index contributed by atoms with van der Waals surface area (Å²) < 4.78 is 52.7. The van der Waals surface area contributed by atoms with Gasteiger partial charge in [-0.2, -0.15) is 0 Å². The topological polar surface area (TPSA) is 135 Å². The van der Waals surface area contributed by atoms with Crippen molar-refractivity contribution in [2.75, 3.05) is 11.5 Å². The summed E-state index contributed by atoms with van der Waals surface area (Å²) >= 11 is 2.27. The molecule has 4 aromatic carbocycles. The first kappa shape index (κ1) is 46.2. The normalized spacial score (nSPS) is 12.1. The number of fused-ring (bicyclic) bond motifs is 2. The lowest BCUT2D eigenvalue weighted by Crippen LogP contribution is -2.19. The lowest BCUT2D eigenvalue weighted by Gasteiger charge is -2.15. The van der Waals surface area contributed by atoms with E-state index < -0.39 is 31.5 Å². The van der Waals surface area contributed by atoms with Gasteiger partial charge >= 0.3 is 0 Å². The van der Waals surface area contributed by atoms with E-state index in [0.717, 1.165) is 72.3 Å². The number of rotatable bonds is 12. The van der Waals surface area contributed by atoms with Crippen LogP contribution >= 0.6 is 22.7 Å². The number of pyridine rings is 2. The predicted molar refractivity (Wildman–Crippen MR) is 264 cm³/mol. The van der Waals surface area contributed by atoms with Gasteiger partial charge in [0.05, 0.1) is 43.8 Å². The first-order valence-corrected chi connectivity index (χ1v) is 25.4. The predicted octanol–water partition coefficient (Wildman–Crippen LogP) is 11.1. The van der Waals surface area contributed by atoms with E-state index in [1.54, 1.807) is 36.7 Å². The van der Waals surface area contributed by atoms with Crippen LogP contribution < -0.4 is 0 Å². The molecule has 4 aromatic heterocycles. The number of thiophene rings is 2. The number of para-hydroxylation sites is 2. The summed E-state index contributed by atoms with van der Waals surface area (Å²) in [5, 5.41) is 22.2. The highest BCUT2D eigenvalue weighted by molar-refractivity contribution is 7.93. The number of hydrogen-bond donors (Lipinski definition) is 2. The fourth-order valence-corrected chi connectivity index (χ4v) is 12.5. The minimum atomic E-state index is -3.63. The van der Waals surface area contributed by atoms with Crippen molar-refractivity contribution in [1.29, 1.82) is 0 Å². The number of allylic oxidation sites excluding steroid dienone is 2. The maximum Gasteiger partial charge on any atom is 0.188 e. The van der Waals surface area contributed by atoms with Gasteiger partial charge in [-0.3, -0.25) is 9.97 Å². The Morgan fingerprint density at radius 3 is 1.42 bits per heavy atom. The zero-order valence-electron chi connectivity index (χ0n) is 35.4. The number of aliphatic hydroxyl groups excluding tert-OH is 2. The van der Waals surface area contributed by atoms with Crippen molar-refractivity contribution in [3.63, 3.8) is 0 Å². The quantitative estimate of drug-likeness (QED) is 0.0914. The number of aliphatic hydroxyl groups is 2. The number of aryl methyl sites for hydroxylation is 1. The maximum absolute atomic E-state index is 13.1. The Morgan fingerprint density at radius 2 is 0.969 bits per heavy atom. The highest BCUT2D eigenvalue weighted by atomic mass is 32.2. The van der Waals surface area contributed by atoms with Gasteiger partial charge in [0.15, 0.2) is 19.7 Å². The van der Waals surface area contributed by atoms with E-state index >= 15 is 0 Å². The van der Waals surface area contributed by atoms with Crippen LogP contribution in [-0.2, 0) is 32.5 Å². The molecule has 0 unspecified atom stereocenters. The fourth-order valence-electron chi connectivity index (χ4n) is 6.80. The Kier molecular flexibility index (Phi) is 14.8. The molecule has 0 radical (unpaired) electrons. The van der Waals surface area contributed by atoms with E-state index in [4.69, 9.17) is 0 Å². The second-order valence-electron chi connectivity index (χ2n) is 15.4. The molecule has 0 bridgehead atoms. The number of benzene rings is 4. The molecular weight excluding hydrogens is 889 g/mol. The molecule has 2 atom stereocenters. The van der Waals surface area contributed by atoms with Crippen LogP contribution in [0, 0.1) is 42.4 Å². The van der Waals surface area contributed by atoms with Crippen LogP contribution in [0.2, 0.25) is 0 Å². The van der Waals surface area contributed by atoms with E-state index in [2.05, 4.69) is 46.8 Å². The first-order valence-electron chi connectivity index (χ1n) is 20.4. The fraction of sp³-hybridized carbons (Fsp3) is 0.132. The average molecular weight is 933 g/mol. The van der Waals surface area contributed by atoms with E-state index in [-0.39, 0.29) is 31.4 Å². The van der Waals surface area contributed by atoms with Gasteiger partial charge < -0.3 is 10.2 Å². The van der Waals surface area contributed by atoms with Gasteiger partial charge in [-0.1, -0.05) is 109 Å². The van der Waals surface area contributed by atoms with E-state index in [1.165, 1.54) is 0 Å². The smallest absolute Gasteiger partial charge is 0.188 e. The molecular formula is C53H44N2O6S4. The van der Waals surface area contributed by atoms with Crippen LogP contribution in [0.25, 0.3) is 21.8 Å². The lowest BCUT2D eigenvalue weighted by molar-refractivity contribution is 0.342. The van der Waals surface area contributed by atoms with Gasteiger partial charge in [0, 0.05) is 46.1 Å². The molecule has 8 nitrogen and oxygen atoms in total. The molecule has 8 rings (SSSR count). The van der Waals surface area contributed by atoms with E-state index in [1.807, 2.05) is 122 Å². The molecule has 2 N–H and O–H groups in total. The monoisotopic (exact) mass is 932 g/mol. The molecule has 8 aromatic rings. The third-order valence-corrected chi connectivity index (χ3v) is 17.1. The summed E-state index contributed by atoms with van der Waals surface area (Å²) in [6.07, 6.45) is 4.10. The van der Waals surface area contributed by atoms with Crippen LogP contribution in [0.5, 0.6) is 0 Å². The SMILES string of the molecule is C=C(O)[C@@H](Cc1cnc2ccccc2c1)CS(=O)(=O)c1ccc(C#Cc2ccc(C)cc2)s1.C=C(O)[C@H](Cc1cnc2ccccc2c1)CS(=O)(=O)c1ccc(C#Cc2ccccc2)s1. The van der Waals surface area contributed by atoms with Crippen molar-refractivity contribution in [1.82, 2.24) is 9.97 Å². The first-order chi connectivity index (χ1) is 31.2. The highest BCUT2D eigenvalue weighted by Crippen LogP contribution is 2.29. The third-order valence-electron chi connectivity index (χ3n) is 10.3. The average Bonchev–Trinajstić information content (AvgIpc) is 4.00. The van der Waals surface area contributed by atoms with Gasteiger partial charge in [0.2, 0.25) is 0 Å². The zero-order valence-corrected chi connectivity index (χ0v) is 38.7. The van der Waals surface area contributed by atoms with E-state index in [9.17, 15) is 27.0 Å². The summed E-state index contributed by atoms with van der Waals surface area (Å²) in [5.41, 5.74) is 6.33. The second kappa shape index (κ2) is 20.8. The number of sulfone groups is 2. The lowest BCUT2D eigenvalue weighted by atomic mass is 10.00. The van der Waals surface area contributed by atoms with Gasteiger partial charge in [-0.05, 0) is 104 Å². The van der Waals surface area contributed by atoms with E-state index in [0.29, 0.717) is 22.6 Å². The molecule has 4 heterocycles. The van der Waals surface area contributed by atoms with Crippen LogP contribution in [0.15, 0.2) is 185 Å². The Hall–Kier alpha value is -6.80. The van der Waals surface area contributed by atoms with Crippen molar-refractivity contribution in [2.24, 2.45) is 11.8 Å². The maximum atomic E-state index is 13.1. The highest BCUT2D eigenvalue weighted by Gasteiger charge is 2.27. The van der Waals surface area contributed by atoms with Crippen molar-refractivity contribution < 1.29 is 27.0 Å². The Balaban J connectivity index is 0.000000194. The van der Waals surface area contributed by atoms with Crippen molar-refractivity contribution in [3.05, 3.63) is 214 Å². The van der Waals surface area contributed by atoms with Crippen LogP contribution in [-0.4, -0.2) is 48.5 Å². The van der Waals surface area contributed by atoms with Crippen molar-refractivity contribution >= 4 is 64.2 Å². The standard InChI is InChI=1S/C27H23NO3S2.C26H21NO3S2/c1-19-7-9-21(10-8-19)11-12-25-13-14-27(32-25)33(30,31)18-24(20(2)29)16-22-15-23-5-3-4-6-26(23)28-17-22;1-19(28)23(16-21-15-22-9-5-6-10-25(22)27-17-21)18-32(29,30)26-14-13-24(31-26)12-11-20-7-3-2-4-8-20/h3-10,13-15,17,24,29H,2,16,18H2,1H3;2-10,13-15,17,23,28H,1,16,18H2/t24-;23-/m01/s1. The van der Waals surface area contributed by atoms with Gasteiger partial charge in [0.25, 0.3) is 0 Å². The second-order valence-corrected chi connectivity index (χ2v) is 22.1. The minimum Gasteiger partial charge on any atom is -0.513 e. The molecule has 0 saturated carbocycles. The number of aromatic nitrogens is 2. The van der Waals surface area contributed by atoms with Crippen molar-refractivity contribution in [3.8, 4) is 23.7 Å². The Labute approximate surface area is 388 Å². The molecule has 326 valence electrons. The molecule has 12 heteroatoms. The molecule has 0 saturated heterocycles. The van der Waals surface area contributed by atoms with Crippen LogP contribution in [0.4, 0.5) is 0 Å². The summed E-state index contributed by atoms with van der Waals surface area (Å²) in [4.78, 5) is 10.2. The van der Waals surface area contributed by atoms with Crippen molar-refractivity contribution in [2.45, 2.75) is 28.2 Å². The minimum absolute atomic E-state index is 0.150. The molecule has 65 heavy (non-hydrogen) atoms. The van der Waals surface area contributed by atoms with Gasteiger partial charge in [-0.25, -0.2) is 16.8 Å². The number of nitrogens with zero attached hydrogens (tertiary/aromatic N) is 2. The summed E-state index contributed by atoms with van der Waals surface area (Å²) in [6, 6.07) is 43.3. The largest absolute Gasteiger partial charge is 0.513 e. The molecule has 0 amide bonds. The summed E-state index contributed by atoms with van der Waals surface area (Å²) in [6.45, 7) is 9.24. The zero-order chi connectivity index (χ0) is 46.0. The third kappa shape index (κ3) is 12.7. The van der Waals surface area contributed by atoms with Gasteiger partial charge in [-0.15, -0.1) is 22.7 Å². The molecule has 0 aliphatic carbocycles.